The monoisotopic (exact) mass is 684 g/mol. The van der Waals surface area contributed by atoms with Crippen molar-refractivity contribution in [3.8, 4) is 0 Å². The summed E-state index contributed by atoms with van der Waals surface area (Å²) < 4.78 is 37.1. The summed E-state index contributed by atoms with van der Waals surface area (Å²) in [7, 11) is 0. The Morgan fingerprint density at radius 2 is 1.08 bits per heavy atom. The molecule has 0 spiro atoms. The largest absolute Gasteiger partial charge is 0.509 e. The molecule has 0 aromatic carbocycles. The first-order chi connectivity index (χ1) is 23.1. The van der Waals surface area contributed by atoms with E-state index in [1.165, 1.54) is 38.5 Å². The molecule has 0 N–H and O–H groups in total. The first-order valence-electron chi connectivity index (χ1n) is 18.3. The summed E-state index contributed by atoms with van der Waals surface area (Å²) in [5.74, 6) is -1.29. The molecule has 12 heteroatoms. The van der Waals surface area contributed by atoms with Crippen molar-refractivity contribution in [1.82, 2.24) is 0 Å². The van der Waals surface area contributed by atoms with E-state index in [0.717, 1.165) is 51.4 Å². The average molecular weight is 685 g/mol. The van der Waals surface area contributed by atoms with E-state index in [1.54, 1.807) is 6.92 Å². The van der Waals surface area contributed by atoms with Crippen LogP contribution in [0.1, 0.15) is 149 Å². The fourth-order valence-corrected chi connectivity index (χ4v) is 5.58. The Morgan fingerprint density at radius 1 is 0.667 bits per heavy atom. The van der Waals surface area contributed by atoms with Crippen LogP contribution in [0.15, 0.2) is 0 Å². The van der Waals surface area contributed by atoms with Gasteiger partial charge in [-0.05, 0) is 45.4 Å². The Kier molecular flexibility index (Phi) is 20.7. The second-order valence-corrected chi connectivity index (χ2v) is 13.4. The van der Waals surface area contributed by atoms with Crippen molar-refractivity contribution < 1.29 is 57.1 Å². The van der Waals surface area contributed by atoms with Crippen LogP contribution in [-0.2, 0) is 47.5 Å². The lowest BCUT2D eigenvalue weighted by molar-refractivity contribution is -0.174. The molecule has 276 valence electrons. The number of cyclic esters (lactones) is 2. The molecule has 2 fully saturated rings. The molecule has 0 radical (unpaired) electrons. The van der Waals surface area contributed by atoms with Crippen molar-refractivity contribution in [3.63, 3.8) is 0 Å². The Labute approximate surface area is 286 Å². The molecule has 1 aliphatic heterocycles. The Morgan fingerprint density at radius 3 is 1.54 bits per heavy atom. The number of carbonyl (C=O) groups excluding carboxylic acids is 5. The van der Waals surface area contributed by atoms with Crippen LogP contribution in [0.4, 0.5) is 9.59 Å². The van der Waals surface area contributed by atoms with Crippen molar-refractivity contribution in [3.05, 3.63) is 0 Å². The minimum Gasteiger partial charge on any atom is -0.462 e. The molecule has 48 heavy (non-hydrogen) atoms. The SMILES string of the molecule is CCCCCCCCCC(=O)OCC(COC(=O)CCCCCCCCC)OC(=O)O[C@H]1CC[C@H](OC(=O)C2(C)COC(=O)OC2)CC1. The van der Waals surface area contributed by atoms with E-state index in [0.29, 0.717) is 25.7 Å². The molecule has 1 aliphatic carbocycles. The van der Waals surface area contributed by atoms with Gasteiger partial charge in [-0.2, -0.15) is 0 Å². The predicted molar refractivity (Wildman–Crippen MR) is 176 cm³/mol. The number of unbranched alkanes of at least 4 members (excludes halogenated alkanes) is 12. The van der Waals surface area contributed by atoms with Gasteiger partial charge in [0.05, 0.1) is 0 Å². The van der Waals surface area contributed by atoms with Crippen molar-refractivity contribution in [2.24, 2.45) is 5.41 Å². The molecule has 0 bridgehead atoms. The van der Waals surface area contributed by atoms with Crippen molar-refractivity contribution in [2.75, 3.05) is 26.4 Å². The minimum atomic E-state index is -1.07. The predicted octanol–water partition coefficient (Wildman–Crippen LogP) is 7.90. The van der Waals surface area contributed by atoms with E-state index in [1.807, 2.05) is 0 Å². The second-order valence-electron chi connectivity index (χ2n) is 13.4. The zero-order valence-electron chi connectivity index (χ0n) is 29.6. The molecule has 0 unspecified atom stereocenters. The third-order valence-electron chi connectivity index (χ3n) is 8.76. The van der Waals surface area contributed by atoms with Crippen molar-refractivity contribution in [1.29, 1.82) is 0 Å². The highest BCUT2D eigenvalue weighted by Gasteiger charge is 2.43. The molecule has 12 nitrogen and oxygen atoms in total. The van der Waals surface area contributed by atoms with Gasteiger partial charge in [-0.15, -0.1) is 0 Å². The van der Waals surface area contributed by atoms with Gasteiger partial charge in [-0.3, -0.25) is 14.4 Å². The van der Waals surface area contributed by atoms with E-state index in [4.69, 9.17) is 33.2 Å². The Hall–Kier alpha value is -3.05. The number of esters is 3. The topological polar surface area (TPSA) is 150 Å². The summed E-state index contributed by atoms with van der Waals surface area (Å²) >= 11 is 0. The summed E-state index contributed by atoms with van der Waals surface area (Å²) in [5, 5.41) is 0. The normalized spacial score (nSPS) is 18.7. The van der Waals surface area contributed by atoms with Gasteiger partial charge in [0.25, 0.3) is 0 Å². The zero-order chi connectivity index (χ0) is 35.0. The Balaban J connectivity index is 1.76. The minimum absolute atomic E-state index is 0.112. The van der Waals surface area contributed by atoms with Crippen LogP contribution in [0.5, 0.6) is 0 Å². The smallest absolute Gasteiger partial charge is 0.462 e. The standard InChI is InChI=1S/C36H60O12/c1-4-6-8-10-12-14-16-18-31(37)42-24-30(25-43-32(38)19-17-15-13-11-9-7-5-2)48-35(41)47-29-22-20-28(21-23-29)46-33(39)36(3)26-44-34(40)45-27-36/h28-30H,4-27H2,1-3H3/t28-,29-. The van der Waals surface area contributed by atoms with Gasteiger partial charge in [0.2, 0.25) is 0 Å². The van der Waals surface area contributed by atoms with Gasteiger partial charge in [0.15, 0.2) is 6.10 Å². The van der Waals surface area contributed by atoms with E-state index in [2.05, 4.69) is 13.8 Å². The fourth-order valence-electron chi connectivity index (χ4n) is 5.58. The number of ether oxygens (including phenoxy) is 7. The van der Waals surface area contributed by atoms with Gasteiger partial charge in [-0.1, -0.05) is 90.9 Å². The molecular formula is C36H60O12. The van der Waals surface area contributed by atoms with Crippen LogP contribution in [0.3, 0.4) is 0 Å². The lowest BCUT2D eigenvalue weighted by Crippen LogP contribution is -2.45. The van der Waals surface area contributed by atoms with E-state index in [-0.39, 0.29) is 57.3 Å². The van der Waals surface area contributed by atoms with Crippen molar-refractivity contribution in [2.45, 2.75) is 167 Å². The highest BCUT2D eigenvalue weighted by atomic mass is 16.7. The van der Waals surface area contributed by atoms with Gasteiger partial charge < -0.3 is 33.2 Å². The Bertz CT molecular complexity index is 915. The van der Waals surface area contributed by atoms with Crippen LogP contribution < -0.4 is 0 Å². The van der Waals surface area contributed by atoms with E-state index < -0.39 is 35.9 Å². The molecule has 1 heterocycles. The molecule has 2 aliphatic rings. The van der Waals surface area contributed by atoms with Crippen LogP contribution in [0.2, 0.25) is 0 Å². The van der Waals surface area contributed by atoms with Crippen LogP contribution >= 0.6 is 0 Å². The quantitative estimate of drug-likeness (QED) is 0.0552. The van der Waals surface area contributed by atoms with E-state index >= 15 is 0 Å². The molecule has 1 saturated carbocycles. The summed E-state index contributed by atoms with van der Waals surface area (Å²) in [6.07, 6.45) is 13.9. The van der Waals surface area contributed by atoms with Crippen molar-refractivity contribution >= 4 is 30.2 Å². The summed E-state index contributed by atoms with van der Waals surface area (Å²) in [5.41, 5.74) is -1.07. The highest BCUT2D eigenvalue weighted by Crippen LogP contribution is 2.29. The van der Waals surface area contributed by atoms with Gasteiger partial charge in [-0.25, -0.2) is 9.59 Å². The van der Waals surface area contributed by atoms with Gasteiger partial charge in [0.1, 0.15) is 44.1 Å². The lowest BCUT2D eigenvalue weighted by Gasteiger charge is -2.33. The fraction of sp³-hybridized carbons (Fsp3) is 0.861. The number of hydrogen-bond donors (Lipinski definition) is 0. The lowest BCUT2D eigenvalue weighted by atomic mass is 9.91. The summed E-state index contributed by atoms with van der Waals surface area (Å²) in [6, 6.07) is 0. The molecule has 0 amide bonds. The van der Waals surface area contributed by atoms with E-state index in [9.17, 15) is 24.0 Å². The first kappa shape index (κ1) is 41.1. The number of rotatable bonds is 24. The molecule has 0 aromatic rings. The number of carbonyl (C=O) groups is 5. The summed E-state index contributed by atoms with van der Waals surface area (Å²) in [4.78, 5) is 61.3. The maximum Gasteiger partial charge on any atom is 0.509 e. The van der Waals surface area contributed by atoms with Gasteiger partial charge >= 0.3 is 30.2 Å². The third kappa shape index (κ3) is 17.9. The molecule has 2 rings (SSSR count). The van der Waals surface area contributed by atoms with Crippen LogP contribution in [0, 0.1) is 5.41 Å². The molecule has 1 saturated heterocycles. The molecule has 0 atom stereocenters. The van der Waals surface area contributed by atoms with Crippen LogP contribution in [0.25, 0.3) is 0 Å². The van der Waals surface area contributed by atoms with Crippen LogP contribution in [-0.4, -0.2) is 75.0 Å². The number of hydrogen-bond acceptors (Lipinski definition) is 12. The molecule has 0 aromatic heterocycles. The first-order valence-corrected chi connectivity index (χ1v) is 18.3. The summed E-state index contributed by atoms with van der Waals surface area (Å²) in [6.45, 7) is 5.26. The highest BCUT2D eigenvalue weighted by molar-refractivity contribution is 5.78. The molecular weight excluding hydrogens is 624 g/mol. The maximum atomic E-state index is 12.7. The van der Waals surface area contributed by atoms with Gasteiger partial charge in [0, 0.05) is 12.8 Å². The maximum absolute atomic E-state index is 12.7. The zero-order valence-corrected chi connectivity index (χ0v) is 29.6. The third-order valence-corrected chi connectivity index (χ3v) is 8.76. The average Bonchev–Trinajstić information content (AvgIpc) is 3.07. The second kappa shape index (κ2) is 24.1.